The Hall–Kier alpha value is -0.440. The first kappa shape index (κ1) is 21.6. The third-order valence-electron chi connectivity index (χ3n) is 4.26. The molecule has 0 aromatic carbocycles. The average molecular weight is 465 g/mol. The first-order valence-corrected chi connectivity index (χ1v) is 9.75. The number of rotatable bonds is 8. The lowest BCUT2D eigenvalue weighted by atomic mass is 10.1. The van der Waals surface area contributed by atoms with E-state index in [1.54, 1.807) is 0 Å². The van der Waals surface area contributed by atoms with Crippen molar-refractivity contribution in [3.63, 3.8) is 0 Å². The molecule has 2 rings (SSSR count). The van der Waals surface area contributed by atoms with E-state index in [0.29, 0.717) is 4.75 Å². The van der Waals surface area contributed by atoms with Gasteiger partial charge in [-0.1, -0.05) is 0 Å². The smallest absolute Gasteiger partial charge is 0.191 e. The molecule has 0 spiro atoms. The van der Waals surface area contributed by atoms with Crippen LogP contribution in [0.2, 0.25) is 0 Å². The molecule has 2 heterocycles. The summed E-state index contributed by atoms with van der Waals surface area (Å²) in [6.07, 6.45) is 8.81. The second kappa shape index (κ2) is 11.2. The molecule has 0 saturated carbocycles. The number of nitrogens with one attached hydrogen (secondary N) is 2. The number of guanidine groups is 1. The Morgan fingerprint density at radius 2 is 2.25 bits per heavy atom. The third-order valence-corrected chi connectivity index (χ3v) is 5.78. The molecule has 7 heteroatoms. The maximum absolute atomic E-state index is 4.79. The predicted octanol–water partition coefficient (Wildman–Crippen LogP) is 3.43. The fourth-order valence-corrected chi connectivity index (χ4v) is 4.03. The second-order valence-corrected chi connectivity index (χ2v) is 8.08. The molecular weight excluding hydrogens is 433 g/mol. The average Bonchev–Trinajstić information content (AvgIpc) is 3.14. The largest absolute Gasteiger partial charge is 0.357 e. The third kappa shape index (κ3) is 7.21. The van der Waals surface area contributed by atoms with Crippen molar-refractivity contribution >= 4 is 41.7 Å². The molecule has 0 amide bonds. The van der Waals surface area contributed by atoms with E-state index in [1.165, 1.54) is 18.6 Å². The summed E-state index contributed by atoms with van der Waals surface area (Å²) < 4.78 is 2.54. The highest BCUT2D eigenvalue weighted by Crippen LogP contribution is 2.37. The molecule has 1 aliphatic rings. The van der Waals surface area contributed by atoms with Crippen molar-refractivity contribution in [3.05, 3.63) is 18.2 Å². The van der Waals surface area contributed by atoms with Gasteiger partial charge in [-0.05, 0) is 52.2 Å². The van der Waals surface area contributed by atoms with Gasteiger partial charge in [0.15, 0.2) is 5.96 Å². The van der Waals surface area contributed by atoms with Gasteiger partial charge in [0.2, 0.25) is 0 Å². The molecular formula is C17H32IN5S. The van der Waals surface area contributed by atoms with Gasteiger partial charge in [0.25, 0.3) is 0 Å². The van der Waals surface area contributed by atoms with Crippen molar-refractivity contribution in [2.24, 2.45) is 4.99 Å². The minimum Gasteiger partial charge on any atom is -0.357 e. The van der Waals surface area contributed by atoms with Crippen molar-refractivity contribution in [1.29, 1.82) is 0 Å². The Balaban J connectivity index is 0.00000288. The van der Waals surface area contributed by atoms with Gasteiger partial charge in [-0.2, -0.15) is 11.8 Å². The van der Waals surface area contributed by atoms with Crippen LogP contribution in [0.25, 0.3) is 0 Å². The van der Waals surface area contributed by atoms with Crippen molar-refractivity contribution in [1.82, 2.24) is 20.2 Å². The molecule has 1 aromatic heterocycles. The number of aryl methyl sites for hydroxylation is 2. The van der Waals surface area contributed by atoms with E-state index in [1.807, 2.05) is 12.4 Å². The van der Waals surface area contributed by atoms with Crippen LogP contribution in [0.1, 0.15) is 45.4 Å². The molecule has 138 valence electrons. The highest BCUT2D eigenvalue weighted by Gasteiger charge is 2.29. The van der Waals surface area contributed by atoms with Crippen molar-refractivity contribution in [2.45, 2.75) is 57.7 Å². The zero-order valence-electron chi connectivity index (χ0n) is 15.2. The second-order valence-electron chi connectivity index (χ2n) is 6.40. The van der Waals surface area contributed by atoms with Crippen LogP contribution in [0.3, 0.4) is 0 Å². The summed E-state index contributed by atoms with van der Waals surface area (Å²) in [6, 6.07) is 0. The lowest BCUT2D eigenvalue weighted by molar-refractivity contribution is 0.585. The van der Waals surface area contributed by atoms with E-state index < -0.39 is 0 Å². The molecule has 24 heavy (non-hydrogen) atoms. The summed E-state index contributed by atoms with van der Waals surface area (Å²) in [4.78, 5) is 9.04. The topological polar surface area (TPSA) is 54.2 Å². The number of unbranched alkanes of at least 4 members (excludes halogenated alkanes) is 1. The number of aromatic nitrogens is 2. The zero-order valence-corrected chi connectivity index (χ0v) is 18.3. The first-order valence-electron chi connectivity index (χ1n) is 8.77. The number of hydrogen-bond donors (Lipinski definition) is 2. The van der Waals surface area contributed by atoms with Gasteiger partial charge in [-0.3, -0.25) is 4.99 Å². The number of thioether (sulfide) groups is 1. The Bertz CT molecular complexity index is 497. The fourth-order valence-electron chi connectivity index (χ4n) is 2.80. The molecule has 5 nitrogen and oxygen atoms in total. The van der Waals surface area contributed by atoms with E-state index in [-0.39, 0.29) is 24.0 Å². The lowest BCUT2D eigenvalue weighted by Gasteiger charge is -2.21. The van der Waals surface area contributed by atoms with Crippen LogP contribution < -0.4 is 10.6 Å². The summed E-state index contributed by atoms with van der Waals surface area (Å²) in [5.41, 5.74) is 0. The van der Waals surface area contributed by atoms with Crippen LogP contribution in [-0.4, -0.2) is 45.6 Å². The first-order chi connectivity index (χ1) is 11.1. The van der Waals surface area contributed by atoms with Gasteiger partial charge in [0.05, 0.1) is 6.54 Å². The highest BCUT2D eigenvalue weighted by molar-refractivity contribution is 14.0. The summed E-state index contributed by atoms with van der Waals surface area (Å²) in [7, 11) is 0. The molecule has 1 aromatic rings. The maximum atomic E-state index is 4.79. The van der Waals surface area contributed by atoms with Crippen LogP contribution >= 0.6 is 35.7 Å². The standard InChI is InChI=1S/C17H31N5S.HI/c1-4-18-16(21-14-17(3)8-7-13-23-17)20-9-5-6-11-22-12-10-19-15(22)2;/h10,12H,4-9,11,13-14H2,1-3H3,(H2,18,20,21);1H. The number of aliphatic imine (C=N–C) groups is 1. The number of nitrogens with zero attached hydrogens (tertiary/aromatic N) is 3. The van der Waals surface area contributed by atoms with E-state index in [9.17, 15) is 0 Å². The number of halogens is 1. The molecule has 1 unspecified atom stereocenters. The molecule has 0 radical (unpaired) electrons. The van der Waals surface area contributed by atoms with Gasteiger partial charge < -0.3 is 15.2 Å². The van der Waals surface area contributed by atoms with E-state index in [4.69, 9.17) is 4.99 Å². The molecule has 1 atom stereocenters. The van der Waals surface area contributed by atoms with Crippen LogP contribution in [0.4, 0.5) is 0 Å². The molecule has 0 aliphatic carbocycles. The predicted molar refractivity (Wildman–Crippen MR) is 116 cm³/mol. The van der Waals surface area contributed by atoms with Crippen LogP contribution in [0, 0.1) is 6.92 Å². The Kier molecular flexibility index (Phi) is 10.1. The van der Waals surface area contributed by atoms with E-state index in [2.05, 4.69) is 52.7 Å². The van der Waals surface area contributed by atoms with Crippen molar-refractivity contribution in [2.75, 3.05) is 25.4 Å². The van der Waals surface area contributed by atoms with Crippen LogP contribution in [0.5, 0.6) is 0 Å². The molecule has 1 saturated heterocycles. The van der Waals surface area contributed by atoms with Gasteiger partial charge in [-0.25, -0.2) is 4.98 Å². The normalized spacial score (nSPS) is 20.7. The minimum absolute atomic E-state index is 0. The quantitative estimate of drug-likeness (QED) is 0.267. The number of imidazole rings is 1. The number of hydrogen-bond acceptors (Lipinski definition) is 3. The molecule has 1 fully saturated rings. The lowest BCUT2D eigenvalue weighted by Crippen LogP contribution is -2.39. The van der Waals surface area contributed by atoms with Gasteiger partial charge in [-0.15, -0.1) is 24.0 Å². The monoisotopic (exact) mass is 465 g/mol. The van der Waals surface area contributed by atoms with Gasteiger partial charge >= 0.3 is 0 Å². The summed E-state index contributed by atoms with van der Waals surface area (Å²) in [6.45, 7) is 10.3. The molecule has 1 aliphatic heterocycles. The fraction of sp³-hybridized carbons (Fsp3) is 0.765. The van der Waals surface area contributed by atoms with Crippen molar-refractivity contribution in [3.8, 4) is 0 Å². The maximum Gasteiger partial charge on any atom is 0.191 e. The van der Waals surface area contributed by atoms with Crippen molar-refractivity contribution < 1.29 is 0 Å². The molecule has 0 bridgehead atoms. The molecule has 2 N–H and O–H groups in total. The Morgan fingerprint density at radius 3 is 2.88 bits per heavy atom. The Morgan fingerprint density at radius 1 is 1.42 bits per heavy atom. The summed E-state index contributed by atoms with van der Waals surface area (Å²) in [5.74, 6) is 3.33. The minimum atomic E-state index is 0. The van der Waals surface area contributed by atoms with Crippen LogP contribution in [0.15, 0.2) is 17.4 Å². The summed E-state index contributed by atoms with van der Waals surface area (Å²) in [5, 5.41) is 6.81. The van der Waals surface area contributed by atoms with E-state index >= 15 is 0 Å². The zero-order chi connectivity index (χ0) is 16.5. The highest BCUT2D eigenvalue weighted by atomic mass is 127. The summed E-state index contributed by atoms with van der Waals surface area (Å²) >= 11 is 2.07. The van der Waals surface area contributed by atoms with Gasteiger partial charge in [0, 0.05) is 36.8 Å². The SMILES string of the molecule is CCNC(=NCC1(C)CCCS1)NCCCCn1ccnc1C.I. The van der Waals surface area contributed by atoms with E-state index in [0.717, 1.165) is 50.8 Å². The van der Waals surface area contributed by atoms with Gasteiger partial charge in [0.1, 0.15) is 5.82 Å². The van der Waals surface area contributed by atoms with Crippen LogP contribution in [-0.2, 0) is 6.54 Å². The Labute approximate surface area is 167 Å².